The largest absolute Gasteiger partial charge is 0.497 e. The second-order valence-electron chi connectivity index (χ2n) is 7.29. The van der Waals surface area contributed by atoms with E-state index in [9.17, 15) is 13.2 Å². The third kappa shape index (κ3) is 5.16. The van der Waals surface area contributed by atoms with Crippen LogP contribution in [0.15, 0.2) is 30.5 Å². The normalized spacial score (nSPS) is 16.0. The molecule has 1 aliphatic rings. The highest BCUT2D eigenvalue weighted by molar-refractivity contribution is 7.89. The van der Waals surface area contributed by atoms with E-state index in [-0.39, 0.29) is 11.7 Å². The van der Waals surface area contributed by atoms with E-state index in [0.717, 1.165) is 24.3 Å². The van der Waals surface area contributed by atoms with Crippen molar-refractivity contribution in [1.82, 2.24) is 14.1 Å². The maximum absolute atomic E-state index is 12.8. The zero-order valence-corrected chi connectivity index (χ0v) is 17.9. The highest BCUT2D eigenvalue weighted by Crippen LogP contribution is 2.25. The molecule has 0 bridgehead atoms. The van der Waals surface area contributed by atoms with Crippen LogP contribution in [0, 0.1) is 5.92 Å². The molecule has 8 nitrogen and oxygen atoms in total. The third-order valence-electron chi connectivity index (χ3n) is 5.31. The molecule has 2 heterocycles. The van der Waals surface area contributed by atoms with Crippen LogP contribution >= 0.6 is 0 Å². The van der Waals surface area contributed by atoms with E-state index in [4.69, 9.17) is 4.74 Å². The average molecular weight is 421 g/mol. The Morgan fingerprint density at radius 3 is 2.48 bits per heavy atom. The summed E-state index contributed by atoms with van der Waals surface area (Å²) in [6, 6.07) is 7.16. The van der Waals surface area contributed by atoms with E-state index in [1.54, 1.807) is 60.5 Å². The predicted octanol–water partition coefficient (Wildman–Crippen LogP) is 2.29. The number of hydrogen-bond donors (Lipinski definition) is 1. The van der Waals surface area contributed by atoms with Gasteiger partial charge in [0, 0.05) is 32.0 Å². The SMILES string of the molecule is CCS(=O)(=O)N1CCC(Cc2nn(C)cc2C(=O)Nc2ccc(OC)cc2)CC1. The van der Waals surface area contributed by atoms with Gasteiger partial charge >= 0.3 is 0 Å². The molecule has 0 saturated carbocycles. The van der Waals surface area contributed by atoms with Crippen molar-refractivity contribution in [2.24, 2.45) is 13.0 Å². The first-order chi connectivity index (χ1) is 13.8. The molecular formula is C20H28N4O4S. The minimum absolute atomic E-state index is 0.133. The van der Waals surface area contributed by atoms with Gasteiger partial charge < -0.3 is 10.1 Å². The number of amides is 1. The van der Waals surface area contributed by atoms with E-state index in [1.165, 1.54) is 0 Å². The van der Waals surface area contributed by atoms with E-state index >= 15 is 0 Å². The van der Waals surface area contributed by atoms with Crippen LogP contribution in [0.4, 0.5) is 5.69 Å². The smallest absolute Gasteiger partial charge is 0.259 e. The number of carbonyl (C=O) groups is 1. The maximum atomic E-state index is 12.8. The molecule has 0 atom stereocenters. The molecule has 0 spiro atoms. The summed E-state index contributed by atoms with van der Waals surface area (Å²) < 4.78 is 32.4. The van der Waals surface area contributed by atoms with Crippen molar-refractivity contribution in [3.8, 4) is 5.75 Å². The Morgan fingerprint density at radius 1 is 1.24 bits per heavy atom. The van der Waals surface area contributed by atoms with Crippen LogP contribution in [0.1, 0.15) is 35.8 Å². The molecule has 3 rings (SSSR count). The molecular weight excluding hydrogens is 392 g/mol. The number of sulfonamides is 1. The van der Waals surface area contributed by atoms with Crippen molar-refractivity contribution in [2.75, 3.05) is 31.3 Å². The summed E-state index contributed by atoms with van der Waals surface area (Å²) in [5, 5.41) is 7.38. The summed E-state index contributed by atoms with van der Waals surface area (Å²) in [5.41, 5.74) is 1.98. The Hall–Kier alpha value is -2.39. The van der Waals surface area contributed by atoms with Crippen LogP contribution in [0.25, 0.3) is 0 Å². The van der Waals surface area contributed by atoms with Crippen molar-refractivity contribution in [2.45, 2.75) is 26.2 Å². The number of aryl methyl sites for hydroxylation is 1. The molecule has 1 saturated heterocycles. The molecule has 1 amide bonds. The molecule has 0 aliphatic carbocycles. The molecule has 1 aromatic heterocycles. The van der Waals surface area contributed by atoms with Crippen LogP contribution < -0.4 is 10.1 Å². The summed E-state index contributed by atoms with van der Waals surface area (Å²) in [4.78, 5) is 12.8. The molecule has 0 unspecified atom stereocenters. The van der Waals surface area contributed by atoms with E-state index in [2.05, 4.69) is 10.4 Å². The maximum Gasteiger partial charge on any atom is 0.259 e. The lowest BCUT2D eigenvalue weighted by Gasteiger charge is -2.30. The number of carbonyl (C=O) groups excluding carboxylic acids is 1. The number of rotatable bonds is 7. The Bertz CT molecular complexity index is 945. The predicted molar refractivity (Wildman–Crippen MR) is 112 cm³/mol. The first kappa shape index (κ1) is 21.3. The number of benzene rings is 1. The van der Waals surface area contributed by atoms with Gasteiger partial charge in [0.15, 0.2) is 0 Å². The van der Waals surface area contributed by atoms with Crippen LogP contribution in [-0.4, -0.2) is 54.4 Å². The van der Waals surface area contributed by atoms with Crippen LogP contribution in [0.5, 0.6) is 5.75 Å². The Balaban J connectivity index is 1.65. The number of nitrogens with one attached hydrogen (secondary N) is 1. The highest BCUT2D eigenvalue weighted by atomic mass is 32.2. The van der Waals surface area contributed by atoms with Crippen molar-refractivity contribution in [3.63, 3.8) is 0 Å². The van der Waals surface area contributed by atoms with Gasteiger partial charge in [0.1, 0.15) is 5.75 Å². The Labute approximate surface area is 171 Å². The van der Waals surface area contributed by atoms with Crippen LogP contribution in [0.3, 0.4) is 0 Å². The second-order valence-corrected chi connectivity index (χ2v) is 9.55. The number of ether oxygens (including phenoxy) is 1. The monoisotopic (exact) mass is 420 g/mol. The summed E-state index contributed by atoms with van der Waals surface area (Å²) in [5.74, 6) is 0.958. The third-order valence-corrected chi connectivity index (χ3v) is 7.19. The summed E-state index contributed by atoms with van der Waals surface area (Å²) >= 11 is 0. The van der Waals surface area contributed by atoms with Crippen molar-refractivity contribution >= 4 is 21.6 Å². The number of nitrogens with zero attached hydrogens (tertiary/aromatic N) is 3. The van der Waals surface area contributed by atoms with Gasteiger partial charge in [-0.2, -0.15) is 5.10 Å². The van der Waals surface area contributed by atoms with Crippen molar-refractivity contribution in [1.29, 1.82) is 0 Å². The number of anilines is 1. The van der Waals surface area contributed by atoms with Gasteiger partial charge in [-0.1, -0.05) is 0 Å². The standard InChI is InChI=1S/C20H28N4O4S/c1-4-29(26,27)24-11-9-15(10-12-24)13-19-18(14-23(2)22-19)20(25)21-16-5-7-17(28-3)8-6-16/h5-8,14-15H,4,9-13H2,1-3H3,(H,21,25). The number of piperidine rings is 1. The van der Waals surface area contributed by atoms with Crippen LogP contribution in [-0.2, 0) is 23.5 Å². The Kier molecular flexibility index (Phi) is 6.59. The second kappa shape index (κ2) is 8.96. The van der Waals surface area contributed by atoms with E-state index < -0.39 is 10.0 Å². The van der Waals surface area contributed by atoms with E-state index in [1.807, 2.05) is 0 Å². The Morgan fingerprint density at radius 2 is 1.90 bits per heavy atom. The first-order valence-electron chi connectivity index (χ1n) is 9.78. The minimum Gasteiger partial charge on any atom is -0.497 e. The molecule has 0 radical (unpaired) electrons. The fraction of sp³-hybridized carbons (Fsp3) is 0.500. The van der Waals surface area contributed by atoms with Gasteiger partial charge in [0.05, 0.1) is 24.1 Å². The van der Waals surface area contributed by atoms with Crippen molar-refractivity contribution < 1.29 is 17.9 Å². The molecule has 29 heavy (non-hydrogen) atoms. The average Bonchev–Trinajstić information content (AvgIpc) is 3.09. The molecule has 1 fully saturated rings. The van der Waals surface area contributed by atoms with Gasteiger partial charge in [0.2, 0.25) is 10.0 Å². The summed E-state index contributed by atoms with van der Waals surface area (Å²) in [6.07, 6.45) is 3.93. The van der Waals surface area contributed by atoms with Gasteiger partial charge in [0.25, 0.3) is 5.91 Å². The lowest BCUT2D eigenvalue weighted by atomic mass is 9.92. The number of aromatic nitrogens is 2. The van der Waals surface area contributed by atoms with Gasteiger partial charge in [-0.15, -0.1) is 0 Å². The zero-order valence-electron chi connectivity index (χ0n) is 17.1. The minimum atomic E-state index is -3.13. The molecule has 1 aromatic carbocycles. The van der Waals surface area contributed by atoms with Crippen LogP contribution in [0.2, 0.25) is 0 Å². The highest BCUT2D eigenvalue weighted by Gasteiger charge is 2.28. The molecule has 9 heteroatoms. The van der Waals surface area contributed by atoms with Gasteiger partial charge in [-0.05, 0) is 56.4 Å². The topological polar surface area (TPSA) is 93.5 Å². The van der Waals surface area contributed by atoms with Crippen molar-refractivity contribution in [3.05, 3.63) is 41.7 Å². The molecule has 1 aliphatic heterocycles. The fourth-order valence-corrected chi connectivity index (χ4v) is 4.73. The molecule has 2 aromatic rings. The van der Waals surface area contributed by atoms with E-state index in [0.29, 0.717) is 36.7 Å². The lowest BCUT2D eigenvalue weighted by Crippen LogP contribution is -2.39. The summed E-state index contributed by atoms with van der Waals surface area (Å²) in [7, 11) is 0.256. The summed E-state index contributed by atoms with van der Waals surface area (Å²) in [6.45, 7) is 2.73. The molecule has 158 valence electrons. The molecule has 1 N–H and O–H groups in total. The van der Waals surface area contributed by atoms with Gasteiger partial charge in [-0.3, -0.25) is 9.48 Å². The number of hydrogen-bond acceptors (Lipinski definition) is 5. The number of methoxy groups -OCH3 is 1. The zero-order chi connectivity index (χ0) is 21.0. The quantitative estimate of drug-likeness (QED) is 0.742. The lowest BCUT2D eigenvalue weighted by molar-refractivity contribution is 0.102. The van der Waals surface area contributed by atoms with Gasteiger partial charge in [-0.25, -0.2) is 12.7 Å². The fourth-order valence-electron chi connectivity index (χ4n) is 3.60. The first-order valence-corrected chi connectivity index (χ1v) is 11.4.